The van der Waals surface area contributed by atoms with Crippen molar-refractivity contribution in [2.24, 2.45) is 4.99 Å². The molecule has 8 nitrogen and oxygen atoms in total. The summed E-state index contributed by atoms with van der Waals surface area (Å²) in [5.74, 6) is 2.01. The number of anilines is 2. The Morgan fingerprint density at radius 2 is 1.75 bits per heavy atom. The van der Waals surface area contributed by atoms with Crippen LogP contribution < -0.4 is 4.90 Å². The van der Waals surface area contributed by atoms with Gasteiger partial charge in [-0.1, -0.05) is 64.6 Å². The summed E-state index contributed by atoms with van der Waals surface area (Å²) in [6.45, 7) is 23.4. The lowest BCUT2D eigenvalue weighted by molar-refractivity contribution is -0.130. The third kappa shape index (κ3) is 5.49. The largest absolute Gasteiger partial charge is 0.349 e. The van der Waals surface area contributed by atoms with Crippen LogP contribution in [0.2, 0.25) is 5.02 Å². The third-order valence-corrected chi connectivity index (χ3v) is 8.42. The van der Waals surface area contributed by atoms with Crippen molar-refractivity contribution in [3.05, 3.63) is 89.0 Å². The van der Waals surface area contributed by atoms with Crippen LogP contribution >= 0.6 is 11.6 Å². The van der Waals surface area contributed by atoms with E-state index >= 15 is 4.39 Å². The van der Waals surface area contributed by atoms with Gasteiger partial charge in [0.2, 0.25) is 5.91 Å². The van der Waals surface area contributed by atoms with E-state index in [1.165, 1.54) is 12.1 Å². The van der Waals surface area contributed by atoms with Gasteiger partial charge in [0, 0.05) is 36.7 Å². The van der Waals surface area contributed by atoms with Crippen LogP contribution in [0.3, 0.4) is 0 Å². The van der Waals surface area contributed by atoms with Crippen LogP contribution in [0.4, 0.5) is 15.9 Å². The fraction of sp³-hybridized carbons (Fsp3) is 0.382. The third-order valence-electron chi connectivity index (χ3n) is 8.14. The van der Waals surface area contributed by atoms with E-state index in [1.807, 2.05) is 23.6 Å². The number of aliphatic imine (C=N–C) groups is 1. The fourth-order valence-electron chi connectivity index (χ4n) is 5.86. The molecule has 0 spiro atoms. The predicted octanol–water partition coefficient (Wildman–Crippen LogP) is 7.36. The molecule has 230 valence electrons. The number of benzene rings is 1. The first-order valence-corrected chi connectivity index (χ1v) is 15.3. The van der Waals surface area contributed by atoms with E-state index < -0.39 is 5.82 Å². The van der Waals surface area contributed by atoms with Crippen molar-refractivity contribution < 1.29 is 9.18 Å². The summed E-state index contributed by atoms with van der Waals surface area (Å²) in [6.07, 6.45) is 1.35. The predicted molar refractivity (Wildman–Crippen MR) is 175 cm³/mol. The maximum atomic E-state index is 15.1. The number of amidine groups is 1. The molecule has 2 aromatic heterocycles. The number of fused-ring (bicyclic) bond motifs is 1. The number of hydrogen-bond acceptors (Lipinski definition) is 7. The lowest BCUT2D eigenvalue weighted by atomic mass is 10.0. The number of hydrogen-bond donors (Lipinski definition) is 0. The number of piperazine rings is 1. The highest BCUT2D eigenvalue weighted by Gasteiger charge is 2.38. The smallest absolute Gasteiger partial charge is 0.246 e. The van der Waals surface area contributed by atoms with Crippen molar-refractivity contribution in [1.82, 2.24) is 24.8 Å². The van der Waals surface area contributed by atoms with Gasteiger partial charge in [-0.2, -0.15) is 0 Å². The normalized spacial score (nSPS) is 18.6. The van der Waals surface area contributed by atoms with E-state index in [1.54, 1.807) is 24.3 Å². The summed E-state index contributed by atoms with van der Waals surface area (Å²) < 4.78 is 15.1. The number of nitrogens with zero attached hydrogens (tertiary/aromatic N) is 7. The Morgan fingerprint density at radius 3 is 2.39 bits per heavy atom. The molecular formula is C34H39ClFN7O. The Kier molecular flexibility index (Phi) is 8.62. The molecule has 2 unspecified atom stereocenters. The van der Waals surface area contributed by atoms with Crippen molar-refractivity contribution in [2.75, 3.05) is 18.0 Å². The molecule has 44 heavy (non-hydrogen) atoms. The van der Waals surface area contributed by atoms with Gasteiger partial charge in [0.15, 0.2) is 5.82 Å². The average Bonchev–Trinajstić information content (AvgIpc) is 2.97. The van der Waals surface area contributed by atoms with Gasteiger partial charge in [-0.25, -0.2) is 24.3 Å². The number of halogens is 2. The summed E-state index contributed by atoms with van der Waals surface area (Å²) in [7, 11) is 0. The zero-order valence-electron chi connectivity index (χ0n) is 26.4. The van der Waals surface area contributed by atoms with Gasteiger partial charge < -0.3 is 9.80 Å². The number of aromatic nitrogens is 3. The van der Waals surface area contributed by atoms with Gasteiger partial charge in [-0.05, 0) is 51.0 Å². The highest BCUT2D eigenvalue weighted by Crippen LogP contribution is 2.44. The second-order valence-electron chi connectivity index (χ2n) is 12.1. The molecule has 1 aromatic carbocycles. The van der Waals surface area contributed by atoms with Crippen LogP contribution in [0.1, 0.15) is 76.2 Å². The second kappa shape index (κ2) is 12.1. The summed E-state index contributed by atoms with van der Waals surface area (Å²) in [5, 5.41) is 0.294. The molecule has 1 fully saturated rings. The van der Waals surface area contributed by atoms with Gasteiger partial charge in [-0.3, -0.25) is 9.69 Å². The van der Waals surface area contributed by atoms with Crippen LogP contribution in [0, 0.1) is 12.7 Å². The van der Waals surface area contributed by atoms with E-state index in [4.69, 9.17) is 31.5 Å². The zero-order chi connectivity index (χ0) is 32.0. The summed E-state index contributed by atoms with van der Waals surface area (Å²) in [4.78, 5) is 38.4. The Labute approximate surface area is 264 Å². The monoisotopic (exact) mass is 615 g/mol. The minimum absolute atomic E-state index is 0.0560. The van der Waals surface area contributed by atoms with E-state index in [2.05, 4.69) is 52.7 Å². The summed E-state index contributed by atoms with van der Waals surface area (Å²) in [6, 6.07) is 8.08. The topological polar surface area (TPSA) is 77.8 Å². The quantitative estimate of drug-likeness (QED) is 0.279. The molecule has 0 radical (unpaired) electrons. The molecule has 0 bridgehead atoms. The van der Waals surface area contributed by atoms with Gasteiger partial charge in [0.1, 0.15) is 23.3 Å². The second-order valence-corrected chi connectivity index (χ2v) is 12.5. The molecule has 1 amide bonds. The Bertz CT molecular complexity index is 1680. The van der Waals surface area contributed by atoms with Crippen molar-refractivity contribution in [2.45, 2.75) is 72.4 Å². The standard InChI is InChI=1S/C34H39ClFN7O/c1-10-28(44)41-16-21(7)42(17-20(41)6)33-25-15-26(35)30(24-13-11-12-14-27(24)36)40-34(25)43(23(9)38-33)31-22(8)37-32(19(4)5)39-29(31)18(2)3/h10-15,18-21H,1,9,16-17H2,2-8H3. The average molecular weight is 616 g/mol. The number of rotatable bonds is 5. The van der Waals surface area contributed by atoms with Crippen LogP contribution in [0.25, 0.3) is 11.3 Å². The van der Waals surface area contributed by atoms with E-state index in [-0.39, 0.29) is 29.8 Å². The van der Waals surface area contributed by atoms with Crippen LogP contribution in [-0.4, -0.2) is 61.7 Å². The SMILES string of the molecule is C=CC(=O)N1CC(C)N(C2=NC(=C)N(c3c(C)nc(C(C)C)nc3C(C)C)c3nc(-c4ccccc4F)c(Cl)cc32)CC1C. The molecule has 1 saturated heterocycles. The van der Waals surface area contributed by atoms with Crippen molar-refractivity contribution >= 4 is 34.8 Å². The van der Waals surface area contributed by atoms with Gasteiger partial charge in [-0.15, -0.1) is 0 Å². The molecule has 2 aliphatic rings. The minimum Gasteiger partial charge on any atom is -0.349 e. The Balaban J connectivity index is 1.74. The summed E-state index contributed by atoms with van der Waals surface area (Å²) >= 11 is 6.89. The van der Waals surface area contributed by atoms with Gasteiger partial charge >= 0.3 is 0 Å². The number of aryl methyl sites for hydroxylation is 1. The maximum Gasteiger partial charge on any atom is 0.246 e. The Hall–Kier alpha value is -4.11. The van der Waals surface area contributed by atoms with Crippen LogP contribution in [0.15, 0.2) is 60.4 Å². The first-order valence-electron chi connectivity index (χ1n) is 15.0. The van der Waals surface area contributed by atoms with E-state index in [9.17, 15) is 4.79 Å². The van der Waals surface area contributed by atoms with Crippen molar-refractivity contribution in [3.8, 4) is 11.3 Å². The van der Waals surface area contributed by atoms with Gasteiger partial charge in [0.25, 0.3) is 0 Å². The van der Waals surface area contributed by atoms with Crippen LogP contribution in [-0.2, 0) is 4.79 Å². The molecule has 0 saturated carbocycles. The lowest BCUT2D eigenvalue weighted by Crippen LogP contribution is -2.59. The van der Waals surface area contributed by atoms with E-state index in [0.29, 0.717) is 52.4 Å². The maximum absolute atomic E-state index is 15.1. The number of pyridine rings is 1. The number of carbonyl (C=O) groups is 1. The first-order chi connectivity index (χ1) is 20.8. The van der Waals surface area contributed by atoms with Gasteiger partial charge in [0.05, 0.1) is 33.4 Å². The van der Waals surface area contributed by atoms with Crippen molar-refractivity contribution in [1.29, 1.82) is 0 Å². The summed E-state index contributed by atoms with van der Waals surface area (Å²) in [5.41, 5.74) is 3.63. The Morgan fingerprint density at radius 1 is 1.05 bits per heavy atom. The molecule has 0 N–H and O–H groups in total. The molecule has 0 aliphatic carbocycles. The highest BCUT2D eigenvalue weighted by molar-refractivity contribution is 6.33. The molecule has 3 aromatic rings. The fourth-order valence-corrected chi connectivity index (χ4v) is 6.11. The molecule has 2 aliphatic heterocycles. The number of amides is 1. The van der Waals surface area contributed by atoms with E-state index in [0.717, 1.165) is 22.9 Å². The minimum atomic E-state index is -0.425. The zero-order valence-corrected chi connectivity index (χ0v) is 27.2. The molecule has 2 atom stereocenters. The highest BCUT2D eigenvalue weighted by atomic mass is 35.5. The molecular weight excluding hydrogens is 577 g/mol. The molecule has 5 rings (SSSR count). The molecule has 4 heterocycles. The van der Waals surface area contributed by atoms with Crippen molar-refractivity contribution in [3.63, 3.8) is 0 Å². The first kappa shape index (κ1) is 31.3. The number of carbonyl (C=O) groups excluding carboxylic acids is 1. The lowest BCUT2D eigenvalue weighted by Gasteiger charge is -2.46. The molecule has 10 heteroatoms. The van der Waals surface area contributed by atoms with Crippen LogP contribution in [0.5, 0.6) is 0 Å².